The third kappa shape index (κ3) is 68.4. The van der Waals surface area contributed by atoms with Crippen molar-refractivity contribution in [1.82, 2.24) is 0 Å². The van der Waals surface area contributed by atoms with E-state index >= 15 is 0 Å². The van der Waals surface area contributed by atoms with Gasteiger partial charge in [0, 0.05) is 25.7 Å². The number of phosphoric acid groups is 2. The molecule has 552 valence electrons. The van der Waals surface area contributed by atoms with Crippen LogP contribution in [0.25, 0.3) is 0 Å². The monoisotopic (exact) mass is 1370 g/mol. The van der Waals surface area contributed by atoms with Crippen molar-refractivity contribution in [2.45, 2.75) is 400 Å². The molecular weight excluding hydrogens is 1220 g/mol. The first-order valence-corrected chi connectivity index (χ1v) is 41.5. The fraction of sp³-hybridized carbons (Fsp3) is 0.946. The van der Waals surface area contributed by atoms with Crippen LogP contribution in [-0.4, -0.2) is 96.7 Å². The standard InChI is InChI=1S/C74H144O17P2/c1-7-9-11-13-15-17-19-21-23-25-29-34-40-47-53-59-73(78)90-69(62-84-71(76)56-50-44-38-32-30-26-27-31-36-42-48-54-66(3)4)64-88-92(80,81)86-60-68(75)61-87-93(82,83)89-65-70(63-85-72(77)57-51-45-41-35-37-43-49-55-67(5)6)91-74(79)58-52-46-39-33-28-24-22-20-18-16-14-12-10-8-2/h66-70,75H,7-65H2,1-6H3,(H,80,81)(H,82,83)/t68-,69-,70-/m1/s1. The number of ether oxygens (including phenoxy) is 4. The molecule has 0 aliphatic rings. The highest BCUT2D eigenvalue weighted by Gasteiger charge is 2.30. The van der Waals surface area contributed by atoms with Gasteiger partial charge < -0.3 is 33.8 Å². The summed E-state index contributed by atoms with van der Waals surface area (Å²) in [5, 5.41) is 10.6. The molecular formula is C74H144O17P2. The molecule has 17 nitrogen and oxygen atoms in total. The average molecular weight is 1370 g/mol. The van der Waals surface area contributed by atoms with Crippen LogP contribution in [0, 0.1) is 11.8 Å². The Bertz CT molecular complexity index is 1800. The minimum atomic E-state index is -4.95. The number of rotatable bonds is 73. The van der Waals surface area contributed by atoms with E-state index in [-0.39, 0.29) is 25.7 Å². The zero-order chi connectivity index (χ0) is 68.6. The number of carbonyl (C=O) groups excluding carboxylic acids is 4. The summed E-state index contributed by atoms with van der Waals surface area (Å²) in [4.78, 5) is 72.7. The highest BCUT2D eigenvalue weighted by molar-refractivity contribution is 7.47. The highest BCUT2D eigenvalue weighted by atomic mass is 31.2. The normalized spacial score (nSPS) is 14.1. The lowest BCUT2D eigenvalue weighted by Gasteiger charge is -2.21. The molecule has 0 aromatic heterocycles. The van der Waals surface area contributed by atoms with E-state index in [1.807, 2.05) is 0 Å². The lowest BCUT2D eigenvalue weighted by Crippen LogP contribution is -2.30. The van der Waals surface area contributed by atoms with Crippen LogP contribution in [0.1, 0.15) is 382 Å². The van der Waals surface area contributed by atoms with Crippen LogP contribution in [0.5, 0.6) is 0 Å². The van der Waals surface area contributed by atoms with Gasteiger partial charge in [-0.1, -0.05) is 330 Å². The molecule has 0 saturated heterocycles. The zero-order valence-corrected chi connectivity index (χ0v) is 62.3. The van der Waals surface area contributed by atoms with Crippen LogP contribution in [-0.2, 0) is 65.4 Å². The summed E-state index contributed by atoms with van der Waals surface area (Å²) in [6.45, 7) is 9.54. The molecule has 0 aromatic rings. The summed E-state index contributed by atoms with van der Waals surface area (Å²) in [6, 6.07) is 0. The van der Waals surface area contributed by atoms with Crippen molar-refractivity contribution >= 4 is 39.5 Å². The van der Waals surface area contributed by atoms with Gasteiger partial charge in [0.15, 0.2) is 12.2 Å². The van der Waals surface area contributed by atoms with Crippen molar-refractivity contribution in [3.05, 3.63) is 0 Å². The van der Waals surface area contributed by atoms with Crippen molar-refractivity contribution in [2.24, 2.45) is 11.8 Å². The molecule has 0 aromatic carbocycles. The smallest absolute Gasteiger partial charge is 0.462 e. The second-order valence-electron chi connectivity index (χ2n) is 27.6. The van der Waals surface area contributed by atoms with Gasteiger partial charge in [0.05, 0.1) is 26.4 Å². The molecule has 2 unspecified atom stereocenters. The maximum Gasteiger partial charge on any atom is 0.472 e. The van der Waals surface area contributed by atoms with Gasteiger partial charge in [0.25, 0.3) is 0 Å². The van der Waals surface area contributed by atoms with Crippen molar-refractivity contribution in [3.8, 4) is 0 Å². The molecule has 0 aliphatic heterocycles. The van der Waals surface area contributed by atoms with Gasteiger partial charge in [0.2, 0.25) is 0 Å². The predicted molar refractivity (Wildman–Crippen MR) is 377 cm³/mol. The minimum Gasteiger partial charge on any atom is -0.462 e. The SMILES string of the molecule is CCCCCCCCCCCCCCCCCC(=O)O[C@H](COC(=O)CCCCCCCCCCCCCC(C)C)COP(=O)(O)OC[C@@H](O)COP(=O)(O)OC[C@@H](COC(=O)CCCCCCCCCC(C)C)OC(=O)CCCCCCCCCCCCCCCC. The van der Waals surface area contributed by atoms with Gasteiger partial charge in [-0.15, -0.1) is 0 Å². The number of hydrogen-bond acceptors (Lipinski definition) is 15. The van der Waals surface area contributed by atoms with Crippen LogP contribution < -0.4 is 0 Å². The summed E-state index contributed by atoms with van der Waals surface area (Å²) >= 11 is 0. The minimum absolute atomic E-state index is 0.107. The summed E-state index contributed by atoms with van der Waals surface area (Å²) in [7, 11) is -9.91. The first-order valence-electron chi connectivity index (χ1n) is 38.5. The average Bonchev–Trinajstić information content (AvgIpc) is 3.02. The van der Waals surface area contributed by atoms with E-state index in [0.29, 0.717) is 31.6 Å². The second-order valence-corrected chi connectivity index (χ2v) is 30.5. The third-order valence-corrected chi connectivity index (χ3v) is 19.1. The molecule has 0 heterocycles. The van der Waals surface area contributed by atoms with Gasteiger partial charge in [-0.3, -0.25) is 37.3 Å². The van der Waals surface area contributed by atoms with Gasteiger partial charge in [-0.05, 0) is 37.5 Å². The number of aliphatic hydroxyl groups is 1. The van der Waals surface area contributed by atoms with Crippen LogP contribution in [0.4, 0.5) is 0 Å². The predicted octanol–water partition coefficient (Wildman–Crippen LogP) is 21.6. The van der Waals surface area contributed by atoms with Gasteiger partial charge >= 0.3 is 39.5 Å². The highest BCUT2D eigenvalue weighted by Crippen LogP contribution is 2.45. The van der Waals surface area contributed by atoms with Crippen LogP contribution in [0.3, 0.4) is 0 Å². The molecule has 0 spiro atoms. The van der Waals surface area contributed by atoms with Gasteiger partial charge in [-0.25, -0.2) is 9.13 Å². The fourth-order valence-corrected chi connectivity index (χ4v) is 12.9. The molecule has 0 fully saturated rings. The molecule has 0 radical (unpaired) electrons. The number of carbonyl (C=O) groups is 4. The van der Waals surface area contributed by atoms with Crippen LogP contribution in [0.15, 0.2) is 0 Å². The summed E-state index contributed by atoms with van der Waals surface area (Å²) in [5.41, 5.74) is 0. The van der Waals surface area contributed by atoms with E-state index < -0.39 is 97.5 Å². The Balaban J connectivity index is 5.25. The second kappa shape index (κ2) is 66.0. The summed E-state index contributed by atoms with van der Waals surface area (Å²) in [6.07, 6.45) is 52.7. The maximum atomic E-state index is 13.1. The van der Waals surface area contributed by atoms with E-state index in [1.54, 1.807) is 0 Å². The number of hydrogen-bond donors (Lipinski definition) is 3. The molecule has 19 heteroatoms. The lowest BCUT2D eigenvalue weighted by molar-refractivity contribution is -0.161. The maximum absolute atomic E-state index is 13.1. The molecule has 93 heavy (non-hydrogen) atoms. The van der Waals surface area contributed by atoms with E-state index in [4.69, 9.17) is 37.0 Å². The summed E-state index contributed by atoms with van der Waals surface area (Å²) in [5.74, 6) is -0.640. The zero-order valence-electron chi connectivity index (χ0n) is 60.6. The Morgan fingerprint density at radius 3 is 0.731 bits per heavy atom. The first kappa shape index (κ1) is 91.1. The molecule has 0 rings (SSSR count). The van der Waals surface area contributed by atoms with Crippen molar-refractivity contribution in [2.75, 3.05) is 39.6 Å². The van der Waals surface area contributed by atoms with Crippen LogP contribution >= 0.6 is 15.6 Å². The van der Waals surface area contributed by atoms with E-state index in [1.165, 1.54) is 193 Å². The van der Waals surface area contributed by atoms with E-state index in [0.717, 1.165) is 102 Å². The number of unbranched alkanes of at least 4 members (excludes halogenated alkanes) is 43. The topological polar surface area (TPSA) is 237 Å². The Labute approximate surface area is 568 Å². The molecule has 0 bridgehead atoms. The number of aliphatic hydroxyl groups excluding tert-OH is 1. The van der Waals surface area contributed by atoms with E-state index in [2.05, 4.69) is 41.5 Å². The van der Waals surface area contributed by atoms with Gasteiger partial charge in [-0.2, -0.15) is 0 Å². The third-order valence-electron chi connectivity index (χ3n) is 17.2. The number of esters is 4. The van der Waals surface area contributed by atoms with Crippen molar-refractivity contribution in [3.63, 3.8) is 0 Å². The first-order chi connectivity index (χ1) is 44.9. The Morgan fingerprint density at radius 1 is 0.290 bits per heavy atom. The molecule has 5 atom stereocenters. The largest absolute Gasteiger partial charge is 0.472 e. The van der Waals surface area contributed by atoms with Crippen LogP contribution in [0.2, 0.25) is 0 Å². The summed E-state index contributed by atoms with van der Waals surface area (Å²) < 4.78 is 68.5. The fourth-order valence-electron chi connectivity index (χ4n) is 11.3. The molecule has 0 aliphatic carbocycles. The molecule has 3 N–H and O–H groups in total. The molecule has 0 amide bonds. The van der Waals surface area contributed by atoms with Crippen molar-refractivity contribution in [1.29, 1.82) is 0 Å². The van der Waals surface area contributed by atoms with Crippen molar-refractivity contribution < 1.29 is 80.2 Å². The Morgan fingerprint density at radius 2 is 0.495 bits per heavy atom. The molecule has 0 saturated carbocycles. The lowest BCUT2D eigenvalue weighted by atomic mass is 10.0. The Hall–Kier alpha value is -1.94. The van der Waals surface area contributed by atoms with E-state index in [9.17, 15) is 43.2 Å². The van der Waals surface area contributed by atoms with Gasteiger partial charge in [0.1, 0.15) is 19.3 Å². The number of phosphoric ester groups is 2. The quantitative estimate of drug-likeness (QED) is 0.0222. The Kier molecular flexibility index (Phi) is 64.6.